The second-order valence-electron chi connectivity index (χ2n) is 2.88. The number of hydrogen-bond donors (Lipinski definition) is 4. The van der Waals surface area contributed by atoms with E-state index < -0.39 is 18.2 Å². The predicted octanol–water partition coefficient (Wildman–Crippen LogP) is -0.368. The van der Waals surface area contributed by atoms with Crippen LogP contribution >= 0.6 is 0 Å². The molecule has 1 amide bonds. The number of aliphatic hydroxyl groups excluding tert-OH is 2. The van der Waals surface area contributed by atoms with Crippen LogP contribution in [0, 0.1) is 5.92 Å². The number of aliphatic hydroxyl groups is 2. The molecule has 0 bridgehead atoms. The molecule has 4 N–H and O–H groups in total. The third kappa shape index (κ3) is 3.54. The normalized spacial score (nSPS) is 18.0. The average Bonchev–Trinajstić information content (AvgIpc) is 1.98. The summed E-state index contributed by atoms with van der Waals surface area (Å²) in [6.07, 6.45) is -2.00. The fraction of sp³-hybridized carbons (Fsp3) is 0.857. The minimum Gasteiger partial charge on any atom is -0.465 e. The molecule has 0 heterocycles. The molecule has 0 spiro atoms. The summed E-state index contributed by atoms with van der Waals surface area (Å²) in [4.78, 5) is 10.2. The van der Waals surface area contributed by atoms with Gasteiger partial charge in [-0.1, -0.05) is 6.92 Å². The van der Waals surface area contributed by atoms with Crippen molar-refractivity contribution in [1.29, 1.82) is 0 Å². The Morgan fingerprint density at radius 2 is 2.00 bits per heavy atom. The van der Waals surface area contributed by atoms with Crippen molar-refractivity contribution in [3.8, 4) is 0 Å². The van der Waals surface area contributed by atoms with Crippen molar-refractivity contribution in [2.24, 2.45) is 5.92 Å². The number of rotatable bonds is 4. The molecule has 3 unspecified atom stereocenters. The summed E-state index contributed by atoms with van der Waals surface area (Å²) in [5.74, 6) is -0.291. The molecule has 72 valence electrons. The number of nitrogens with one attached hydrogen (secondary N) is 1. The Kier molecular flexibility index (Phi) is 4.61. The second kappa shape index (κ2) is 4.95. The lowest BCUT2D eigenvalue weighted by molar-refractivity contribution is 0.0879. The molecule has 0 fully saturated rings. The molecule has 0 radical (unpaired) electrons. The maximum absolute atomic E-state index is 10.2. The molecule has 0 saturated heterocycles. The molecule has 0 aromatic carbocycles. The van der Waals surface area contributed by atoms with Gasteiger partial charge in [0.15, 0.2) is 0 Å². The molecule has 12 heavy (non-hydrogen) atoms. The molecule has 0 aromatic rings. The molecule has 5 nitrogen and oxygen atoms in total. The van der Waals surface area contributed by atoms with E-state index in [2.05, 4.69) is 5.32 Å². The zero-order chi connectivity index (χ0) is 9.72. The summed E-state index contributed by atoms with van der Waals surface area (Å²) < 4.78 is 0. The van der Waals surface area contributed by atoms with Gasteiger partial charge in [-0.15, -0.1) is 0 Å². The first-order chi connectivity index (χ1) is 5.49. The number of carbonyl (C=O) groups is 1. The molecule has 0 aliphatic rings. The SMILES string of the molecule is CC(O)C(NC(=O)O)C(C)CO. The van der Waals surface area contributed by atoms with Crippen LogP contribution in [-0.2, 0) is 0 Å². The third-order valence-corrected chi connectivity index (χ3v) is 1.71. The van der Waals surface area contributed by atoms with Gasteiger partial charge in [-0.3, -0.25) is 0 Å². The second-order valence-corrected chi connectivity index (χ2v) is 2.88. The van der Waals surface area contributed by atoms with Crippen LogP contribution in [0.2, 0.25) is 0 Å². The standard InChI is InChI=1S/C7H15NO4/c1-4(3-9)6(5(2)10)8-7(11)12/h4-6,8-10H,3H2,1-2H3,(H,11,12). The quantitative estimate of drug-likeness (QED) is 0.471. The van der Waals surface area contributed by atoms with E-state index in [0.717, 1.165) is 0 Å². The van der Waals surface area contributed by atoms with Gasteiger partial charge in [0.2, 0.25) is 0 Å². The van der Waals surface area contributed by atoms with Gasteiger partial charge >= 0.3 is 6.09 Å². The summed E-state index contributed by atoms with van der Waals surface area (Å²) >= 11 is 0. The molecular formula is C7H15NO4. The van der Waals surface area contributed by atoms with E-state index in [1.54, 1.807) is 6.92 Å². The van der Waals surface area contributed by atoms with Gasteiger partial charge in [0.05, 0.1) is 12.1 Å². The average molecular weight is 177 g/mol. The van der Waals surface area contributed by atoms with Gasteiger partial charge in [-0.05, 0) is 6.92 Å². The first-order valence-electron chi connectivity index (χ1n) is 3.77. The molecule has 0 aliphatic heterocycles. The summed E-state index contributed by atoms with van der Waals surface area (Å²) in [7, 11) is 0. The highest BCUT2D eigenvalue weighted by atomic mass is 16.4. The van der Waals surface area contributed by atoms with E-state index in [1.807, 2.05) is 0 Å². The molecule has 0 aromatic heterocycles. The van der Waals surface area contributed by atoms with Gasteiger partial charge in [0, 0.05) is 12.5 Å². The number of amides is 1. The minimum atomic E-state index is -1.19. The van der Waals surface area contributed by atoms with Crippen LogP contribution in [0.3, 0.4) is 0 Å². The Bertz CT molecular complexity index is 148. The van der Waals surface area contributed by atoms with E-state index >= 15 is 0 Å². The molecule has 5 heteroatoms. The number of hydrogen-bond acceptors (Lipinski definition) is 3. The van der Waals surface area contributed by atoms with Crippen LogP contribution < -0.4 is 5.32 Å². The van der Waals surface area contributed by atoms with Crippen LogP contribution in [-0.4, -0.2) is 40.2 Å². The van der Waals surface area contributed by atoms with Crippen molar-refractivity contribution in [2.45, 2.75) is 26.0 Å². The highest BCUT2D eigenvalue weighted by Gasteiger charge is 2.22. The van der Waals surface area contributed by atoms with Crippen LogP contribution in [0.15, 0.2) is 0 Å². The Morgan fingerprint density at radius 3 is 2.25 bits per heavy atom. The van der Waals surface area contributed by atoms with Crippen LogP contribution in [0.4, 0.5) is 4.79 Å². The zero-order valence-electron chi connectivity index (χ0n) is 7.19. The monoisotopic (exact) mass is 177 g/mol. The lowest BCUT2D eigenvalue weighted by Gasteiger charge is -2.24. The van der Waals surface area contributed by atoms with E-state index in [0.29, 0.717) is 0 Å². The maximum atomic E-state index is 10.2. The Morgan fingerprint density at radius 1 is 1.50 bits per heavy atom. The summed E-state index contributed by atoms with van der Waals surface area (Å²) in [5, 5.41) is 28.4. The van der Waals surface area contributed by atoms with E-state index in [-0.39, 0.29) is 12.5 Å². The fourth-order valence-corrected chi connectivity index (χ4v) is 0.994. The van der Waals surface area contributed by atoms with Gasteiger partial charge in [0.25, 0.3) is 0 Å². The van der Waals surface area contributed by atoms with E-state index in [9.17, 15) is 4.79 Å². The maximum Gasteiger partial charge on any atom is 0.404 e. The fourth-order valence-electron chi connectivity index (χ4n) is 0.994. The Hall–Kier alpha value is -0.810. The molecular weight excluding hydrogens is 162 g/mol. The van der Waals surface area contributed by atoms with Crippen molar-refractivity contribution in [3.05, 3.63) is 0 Å². The van der Waals surface area contributed by atoms with Gasteiger partial charge in [0.1, 0.15) is 0 Å². The van der Waals surface area contributed by atoms with Crippen LogP contribution in [0.5, 0.6) is 0 Å². The van der Waals surface area contributed by atoms with Crippen molar-refractivity contribution >= 4 is 6.09 Å². The topological polar surface area (TPSA) is 89.8 Å². The first-order valence-corrected chi connectivity index (χ1v) is 3.77. The van der Waals surface area contributed by atoms with Crippen LogP contribution in [0.1, 0.15) is 13.8 Å². The first kappa shape index (κ1) is 11.2. The highest BCUT2D eigenvalue weighted by molar-refractivity contribution is 5.64. The largest absolute Gasteiger partial charge is 0.465 e. The minimum absolute atomic E-state index is 0.157. The van der Waals surface area contributed by atoms with Crippen molar-refractivity contribution in [1.82, 2.24) is 5.32 Å². The predicted molar refractivity (Wildman–Crippen MR) is 42.9 cm³/mol. The van der Waals surface area contributed by atoms with Crippen molar-refractivity contribution in [2.75, 3.05) is 6.61 Å². The third-order valence-electron chi connectivity index (χ3n) is 1.71. The van der Waals surface area contributed by atoms with Gasteiger partial charge in [-0.2, -0.15) is 0 Å². The van der Waals surface area contributed by atoms with Gasteiger partial charge < -0.3 is 20.6 Å². The summed E-state index contributed by atoms with van der Waals surface area (Å²) in [5.41, 5.74) is 0. The van der Waals surface area contributed by atoms with Gasteiger partial charge in [-0.25, -0.2) is 4.79 Å². The molecule has 0 aliphatic carbocycles. The molecule has 0 saturated carbocycles. The van der Waals surface area contributed by atoms with E-state index in [4.69, 9.17) is 15.3 Å². The lowest BCUT2D eigenvalue weighted by atomic mass is 9.99. The lowest BCUT2D eigenvalue weighted by Crippen LogP contribution is -2.46. The molecule has 3 atom stereocenters. The van der Waals surface area contributed by atoms with E-state index in [1.165, 1.54) is 6.92 Å². The smallest absolute Gasteiger partial charge is 0.404 e. The Balaban J connectivity index is 4.12. The Labute approximate surface area is 71.0 Å². The number of carboxylic acid groups (broad SMARTS) is 1. The molecule has 0 rings (SSSR count). The van der Waals surface area contributed by atoms with Crippen LogP contribution in [0.25, 0.3) is 0 Å². The van der Waals surface area contributed by atoms with Crippen molar-refractivity contribution < 1.29 is 20.1 Å². The summed E-state index contributed by atoms with van der Waals surface area (Å²) in [6.45, 7) is 2.98. The van der Waals surface area contributed by atoms with Crippen molar-refractivity contribution in [3.63, 3.8) is 0 Å². The zero-order valence-corrected chi connectivity index (χ0v) is 7.19. The highest BCUT2D eigenvalue weighted by Crippen LogP contribution is 2.06. The summed E-state index contributed by atoms with van der Waals surface area (Å²) in [6, 6.07) is -0.618.